The summed E-state index contributed by atoms with van der Waals surface area (Å²) in [4.78, 5) is 11.0. The van der Waals surface area contributed by atoms with E-state index in [0.717, 1.165) is 35.3 Å². The van der Waals surface area contributed by atoms with Crippen molar-refractivity contribution in [1.29, 1.82) is 0 Å². The maximum atomic E-state index is 11.0. The maximum Gasteiger partial charge on any atom is 0.335 e. The molecule has 0 aromatic heterocycles. The lowest BCUT2D eigenvalue weighted by Gasteiger charge is -2.16. The Bertz CT molecular complexity index is 661. The van der Waals surface area contributed by atoms with E-state index in [4.69, 9.17) is 9.84 Å². The number of hydrogen-bond acceptors (Lipinski definition) is 2. The average molecular weight is 298 g/mol. The number of hydrogen-bond donors (Lipinski definition) is 1. The highest BCUT2D eigenvalue weighted by molar-refractivity contribution is 5.89. The first-order chi connectivity index (χ1) is 10.5. The Morgan fingerprint density at radius 3 is 2.50 bits per heavy atom. The van der Waals surface area contributed by atoms with Crippen LogP contribution in [-0.4, -0.2) is 17.2 Å². The third-order valence-electron chi connectivity index (χ3n) is 3.78. The number of para-hydroxylation sites is 1. The van der Waals surface area contributed by atoms with E-state index in [-0.39, 0.29) is 6.10 Å². The van der Waals surface area contributed by atoms with Gasteiger partial charge in [-0.2, -0.15) is 0 Å². The monoisotopic (exact) mass is 298 g/mol. The molecule has 1 unspecified atom stereocenters. The highest BCUT2D eigenvalue weighted by Crippen LogP contribution is 2.20. The number of carboxylic acids is 1. The maximum absolute atomic E-state index is 11.0. The molecule has 0 spiro atoms. The van der Waals surface area contributed by atoms with E-state index in [1.54, 1.807) is 6.07 Å². The van der Waals surface area contributed by atoms with Crippen molar-refractivity contribution in [3.8, 4) is 5.75 Å². The van der Waals surface area contributed by atoms with E-state index < -0.39 is 5.97 Å². The van der Waals surface area contributed by atoms with Crippen LogP contribution in [-0.2, 0) is 6.42 Å². The van der Waals surface area contributed by atoms with Crippen LogP contribution >= 0.6 is 0 Å². The first-order valence-corrected chi connectivity index (χ1v) is 7.52. The number of benzene rings is 2. The minimum atomic E-state index is -0.875. The van der Waals surface area contributed by atoms with Gasteiger partial charge in [0.1, 0.15) is 5.75 Å². The largest absolute Gasteiger partial charge is 0.490 e. The lowest BCUT2D eigenvalue weighted by atomic mass is 10.0. The van der Waals surface area contributed by atoms with Crippen molar-refractivity contribution in [2.45, 2.75) is 39.7 Å². The molecule has 0 heterocycles. The van der Waals surface area contributed by atoms with Crippen LogP contribution in [0, 0.1) is 13.8 Å². The fraction of sp³-hybridized carbons (Fsp3) is 0.316. The Morgan fingerprint density at radius 2 is 1.86 bits per heavy atom. The molecule has 0 fully saturated rings. The molecule has 0 aliphatic rings. The summed E-state index contributed by atoms with van der Waals surface area (Å²) in [7, 11) is 0. The average Bonchev–Trinajstić information content (AvgIpc) is 2.47. The second-order valence-electron chi connectivity index (χ2n) is 5.69. The van der Waals surface area contributed by atoms with Crippen molar-refractivity contribution in [3.05, 3.63) is 64.7 Å². The Balaban J connectivity index is 1.94. The molecule has 3 nitrogen and oxygen atoms in total. The van der Waals surface area contributed by atoms with E-state index in [2.05, 4.69) is 6.92 Å². The van der Waals surface area contributed by atoms with Gasteiger partial charge in [0, 0.05) is 0 Å². The van der Waals surface area contributed by atoms with Gasteiger partial charge >= 0.3 is 5.97 Å². The van der Waals surface area contributed by atoms with Gasteiger partial charge in [-0.25, -0.2) is 4.79 Å². The molecule has 0 bridgehead atoms. The molecule has 0 radical (unpaired) electrons. The van der Waals surface area contributed by atoms with E-state index in [0.29, 0.717) is 5.56 Å². The van der Waals surface area contributed by atoms with Crippen LogP contribution in [0.2, 0.25) is 0 Å². The Morgan fingerprint density at radius 1 is 1.14 bits per heavy atom. The predicted molar refractivity (Wildman–Crippen MR) is 87.7 cm³/mol. The van der Waals surface area contributed by atoms with Crippen LogP contribution in [0.15, 0.2) is 42.5 Å². The molecule has 1 N–H and O–H groups in total. The zero-order valence-electron chi connectivity index (χ0n) is 13.3. The summed E-state index contributed by atoms with van der Waals surface area (Å²) >= 11 is 0. The Labute approximate surface area is 131 Å². The van der Waals surface area contributed by atoms with Crippen LogP contribution < -0.4 is 4.74 Å². The van der Waals surface area contributed by atoms with Crippen molar-refractivity contribution in [2.75, 3.05) is 0 Å². The minimum absolute atomic E-state index is 0.112. The van der Waals surface area contributed by atoms with Crippen LogP contribution in [0.5, 0.6) is 5.75 Å². The predicted octanol–water partition coefficient (Wildman–Crippen LogP) is 4.40. The molecule has 0 saturated heterocycles. The molecular formula is C19H22O3. The van der Waals surface area contributed by atoms with E-state index in [9.17, 15) is 4.79 Å². The van der Waals surface area contributed by atoms with Gasteiger partial charge in [0.15, 0.2) is 0 Å². The van der Waals surface area contributed by atoms with Crippen molar-refractivity contribution in [1.82, 2.24) is 0 Å². The highest BCUT2D eigenvalue weighted by Gasteiger charge is 2.09. The fourth-order valence-electron chi connectivity index (χ4n) is 2.46. The Kier molecular flexibility index (Phi) is 5.21. The first kappa shape index (κ1) is 16.1. The molecule has 22 heavy (non-hydrogen) atoms. The summed E-state index contributed by atoms with van der Waals surface area (Å²) in [6, 6.07) is 13.5. The third-order valence-corrected chi connectivity index (χ3v) is 3.78. The molecule has 2 aromatic rings. The smallest absolute Gasteiger partial charge is 0.335 e. The molecule has 0 aliphatic carbocycles. The quantitative estimate of drug-likeness (QED) is 0.859. The normalized spacial score (nSPS) is 12.0. The molecule has 116 valence electrons. The second-order valence-corrected chi connectivity index (χ2v) is 5.69. The van der Waals surface area contributed by atoms with Gasteiger partial charge in [-0.1, -0.05) is 30.3 Å². The van der Waals surface area contributed by atoms with Crippen molar-refractivity contribution < 1.29 is 14.6 Å². The molecule has 0 aliphatic heterocycles. The van der Waals surface area contributed by atoms with Crippen LogP contribution in [0.4, 0.5) is 0 Å². The lowest BCUT2D eigenvalue weighted by molar-refractivity contribution is 0.0696. The second kappa shape index (κ2) is 7.12. The summed E-state index contributed by atoms with van der Waals surface area (Å²) < 4.78 is 5.96. The number of ether oxygens (including phenoxy) is 1. The summed E-state index contributed by atoms with van der Waals surface area (Å²) in [5.74, 6) is 0.0488. The number of aryl methyl sites for hydroxylation is 3. The van der Waals surface area contributed by atoms with Crippen LogP contribution in [0.1, 0.15) is 40.4 Å². The summed E-state index contributed by atoms with van der Waals surface area (Å²) in [5.41, 5.74) is 3.45. The number of carboxylic acid groups (broad SMARTS) is 1. The van der Waals surface area contributed by atoms with Gasteiger partial charge < -0.3 is 9.84 Å². The fourth-order valence-corrected chi connectivity index (χ4v) is 2.46. The standard InChI is InChI=1S/C19H22O3/c1-13-6-4-5-7-18(13)22-15(3)8-9-16-10-11-17(19(20)21)14(2)12-16/h4-7,10-12,15H,8-9H2,1-3H3,(H,20,21). The first-order valence-electron chi connectivity index (χ1n) is 7.52. The number of carbonyl (C=O) groups is 1. The molecular weight excluding hydrogens is 276 g/mol. The van der Waals surface area contributed by atoms with E-state index in [1.165, 1.54) is 0 Å². The summed E-state index contributed by atoms with van der Waals surface area (Å²) in [6.07, 6.45) is 1.87. The zero-order chi connectivity index (χ0) is 16.1. The lowest BCUT2D eigenvalue weighted by Crippen LogP contribution is -2.13. The van der Waals surface area contributed by atoms with Gasteiger partial charge in [0.25, 0.3) is 0 Å². The molecule has 0 saturated carbocycles. The molecule has 1 atom stereocenters. The molecule has 2 aromatic carbocycles. The number of rotatable bonds is 6. The van der Waals surface area contributed by atoms with E-state index in [1.807, 2.05) is 50.2 Å². The van der Waals surface area contributed by atoms with Gasteiger partial charge in [-0.3, -0.25) is 0 Å². The molecule has 2 rings (SSSR count). The van der Waals surface area contributed by atoms with Crippen molar-refractivity contribution in [2.24, 2.45) is 0 Å². The Hall–Kier alpha value is -2.29. The summed E-state index contributed by atoms with van der Waals surface area (Å²) in [5, 5.41) is 9.04. The van der Waals surface area contributed by atoms with Gasteiger partial charge in [-0.05, 0) is 62.4 Å². The molecule has 3 heteroatoms. The minimum Gasteiger partial charge on any atom is -0.490 e. The van der Waals surface area contributed by atoms with Gasteiger partial charge in [0.2, 0.25) is 0 Å². The SMILES string of the molecule is Cc1ccccc1OC(C)CCc1ccc(C(=O)O)c(C)c1. The van der Waals surface area contributed by atoms with Crippen LogP contribution in [0.3, 0.4) is 0 Å². The molecule has 0 amide bonds. The van der Waals surface area contributed by atoms with Gasteiger partial charge in [-0.15, -0.1) is 0 Å². The summed E-state index contributed by atoms with van der Waals surface area (Å²) in [6.45, 7) is 5.93. The van der Waals surface area contributed by atoms with Gasteiger partial charge in [0.05, 0.1) is 11.7 Å². The highest BCUT2D eigenvalue weighted by atomic mass is 16.5. The van der Waals surface area contributed by atoms with Crippen LogP contribution in [0.25, 0.3) is 0 Å². The topological polar surface area (TPSA) is 46.5 Å². The van der Waals surface area contributed by atoms with Crippen molar-refractivity contribution in [3.63, 3.8) is 0 Å². The van der Waals surface area contributed by atoms with E-state index >= 15 is 0 Å². The number of aromatic carboxylic acids is 1. The third kappa shape index (κ3) is 4.10. The van der Waals surface area contributed by atoms with Crippen molar-refractivity contribution >= 4 is 5.97 Å². The zero-order valence-corrected chi connectivity index (χ0v) is 13.3.